The quantitative estimate of drug-likeness (QED) is 0.851. The Kier molecular flexibility index (Phi) is 4.30. The van der Waals surface area contributed by atoms with Gasteiger partial charge in [0.15, 0.2) is 0 Å². The molecule has 0 aliphatic heterocycles. The van der Waals surface area contributed by atoms with Gasteiger partial charge in [-0.15, -0.1) is 11.3 Å². The molecule has 1 heterocycles. The van der Waals surface area contributed by atoms with Gasteiger partial charge in [0, 0.05) is 13.1 Å². The van der Waals surface area contributed by atoms with Crippen molar-refractivity contribution in [3.63, 3.8) is 0 Å². The topological polar surface area (TPSA) is 69.6 Å². The highest BCUT2D eigenvalue weighted by molar-refractivity contribution is 7.14. The predicted octanol–water partition coefficient (Wildman–Crippen LogP) is 2.32. The van der Waals surface area contributed by atoms with E-state index >= 15 is 0 Å². The molecule has 1 aromatic heterocycles. The van der Waals surface area contributed by atoms with E-state index in [-0.39, 0.29) is 11.6 Å². The molecule has 0 aliphatic rings. The van der Waals surface area contributed by atoms with Crippen molar-refractivity contribution in [2.45, 2.75) is 13.8 Å². The van der Waals surface area contributed by atoms with Crippen LogP contribution in [0.5, 0.6) is 0 Å². The maximum atomic E-state index is 11.7. The van der Waals surface area contributed by atoms with E-state index in [0.29, 0.717) is 18.1 Å². The maximum absolute atomic E-state index is 11.7. The van der Waals surface area contributed by atoms with Gasteiger partial charge < -0.3 is 10.0 Å². The first-order valence-electron chi connectivity index (χ1n) is 4.96. The number of amides is 2. The summed E-state index contributed by atoms with van der Waals surface area (Å²) in [4.78, 5) is 24.1. The van der Waals surface area contributed by atoms with Gasteiger partial charge in [-0.05, 0) is 25.3 Å². The summed E-state index contributed by atoms with van der Waals surface area (Å²) in [5.74, 6) is -1.03. The summed E-state index contributed by atoms with van der Waals surface area (Å²) < 4.78 is 0. The molecule has 0 atom stereocenters. The molecular formula is C10H14N2O3S. The first-order chi connectivity index (χ1) is 7.60. The number of carboxylic acid groups (broad SMARTS) is 1. The number of hydrogen-bond donors (Lipinski definition) is 2. The third kappa shape index (κ3) is 2.73. The molecule has 0 bridgehead atoms. The van der Waals surface area contributed by atoms with Crippen LogP contribution < -0.4 is 5.32 Å². The van der Waals surface area contributed by atoms with Crippen molar-refractivity contribution in [3.8, 4) is 0 Å². The number of nitrogens with zero attached hydrogens (tertiary/aromatic N) is 1. The molecule has 16 heavy (non-hydrogen) atoms. The van der Waals surface area contributed by atoms with Crippen LogP contribution >= 0.6 is 11.3 Å². The Balaban J connectivity index is 2.76. The van der Waals surface area contributed by atoms with E-state index in [1.165, 1.54) is 17.4 Å². The Bertz CT molecular complexity index is 385. The second-order valence-corrected chi connectivity index (χ2v) is 3.99. The number of anilines is 1. The van der Waals surface area contributed by atoms with E-state index in [1.807, 2.05) is 13.8 Å². The smallest absolute Gasteiger partial charge is 0.338 e. The monoisotopic (exact) mass is 242 g/mol. The highest BCUT2D eigenvalue weighted by atomic mass is 32.1. The molecule has 0 saturated carbocycles. The number of rotatable bonds is 4. The van der Waals surface area contributed by atoms with Gasteiger partial charge in [0.05, 0.1) is 5.56 Å². The molecule has 2 N–H and O–H groups in total. The number of thiophene rings is 1. The number of carboxylic acids is 1. The average Bonchev–Trinajstić information content (AvgIpc) is 2.67. The summed E-state index contributed by atoms with van der Waals surface area (Å²) in [7, 11) is 0. The van der Waals surface area contributed by atoms with Crippen LogP contribution in [0.4, 0.5) is 9.80 Å². The lowest BCUT2D eigenvalue weighted by Gasteiger charge is -2.18. The third-order valence-electron chi connectivity index (χ3n) is 2.17. The van der Waals surface area contributed by atoms with Crippen LogP contribution in [0.2, 0.25) is 0 Å². The molecule has 0 fully saturated rings. The fourth-order valence-electron chi connectivity index (χ4n) is 1.26. The lowest BCUT2D eigenvalue weighted by Crippen LogP contribution is -2.34. The van der Waals surface area contributed by atoms with E-state index < -0.39 is 5.97 Å². The average molecular weight is 242 g/mol. The molecule has 88 valence electrons. The van der Waals surface area contributed by atoms with Crippen LogP contribution in [0.1, 0.15) is 24.2 Å². The number of nitrogens with one attached hydrogen (secondary N) is 1. The summed E-state index contributed by atoms with van der Waals surface area (Å²) >= 11 is 1.21. The van der Waals surface area contributed by atoms with E-state index in [9.17, 15) is 9.59 Å². The highest BCUT2D eigenvalue weighted by Crippen LogP contribution is 2.23. The molecule has 0 radical (unpaired) electrons. The molecule has 2 amide bonds. The van der Waals surface area contributed by atoms with Crippen molar-refractivity contribution >= 4 is 28.3 Å². The second-order valence-electron chi connectivity index (χ2n) is 3.07. The number of carbonyl (C=O) groups is 2. The molecule has 0 unspecified atom stereocenters. The predicted molar refractivity (Wildman–Crippen MR) is 63.2 cm³/mol. The zero-order valence-corrected chi connectivity index (χ0v) is 10.0. The Hall–Kier alpha value is -1.56. The van der Waals surface area contributed by atoms with Gasteiger partial charge in [0.25, 0.3) is 0 Å². The number of aromatic carboxylic acids is 1. The molecule has 0 saturated heterocycles. The maximum Gasteiger partial charge on any atom is 0.338 e. The Morgan fingerprint density at radius 2 is 2.06 bits per heavy atom. The van der Waals surface area contributed by atoms with Crippen LogP contribution in [0, 0.1) is 0 Å². The van der Waals surface area contributed by atoms with Crippen molar-refractivity contribution in [2.24, 2.45) is 0 Å². The van der Waals surface area contributed by atoms with Gasteiger partial charge >= 0.3 is 12.0 Å². The normalized spacial score (nSPS) is 9.88. The van der Waals surface area contributed by atoms with Gasteiger partial charge in [-0.3, -0.25) is 5.32 Å². The minimum Gasteiger partial charge on any atom is -0.478 e. The van der Waals surface area contributed by atoms with Crippen molar-refractivity contribution in [2.75, 3.05) is 18.4 Å². The standard InChI is InChI=1S/C10H14N2O3S/c1-3-12(4-2)10(15)11-8-7(9(13)14)5-6-16-8/h5-6H,3-4H2,1-2H3,(H,11,15)(H,13,14). The first-order valence-corrected chi connectivity index (χ1v) is 5.84. The molecular weight excluding hydrogens is 228 g/mol. The third-order valence-corrected chi connectivity index (χ3v) is 3.00. The highest BCUT2D eigenvalue weighted by Gasteiger charge is 2.16. The molecule has 0 spiro atoms. The molecule has 1 rings (SSSR count). The van der Waals surface area contributed by atoms with Gasteiger partial charge in [-0.1, -0.05) is 0 Å². The van der Waals surface area contributed by atoms with Gasteiger partial charge in [-0.2, -0.15) is 0 Å². The van der Waals surface area contributed by atoms with Crippen molar-refractivity contribution in [3.05, 3.63) is 17.0 Å². The second kappa shape index (κ2) is 5.50. The fraction of sp³-hybridized carbons (Fsp3) is 0.400. The Morgan fingerprint density at radius 1 is 1.44 bits per heavy atom. The molecule has 6 heteroatoms. The van der Waals surface area contributed by atoms with Gasteiger partial charge in [-0.25, -0.2) is 9.59 Å². The summed E-state index contributed by atoms with van der Waals surface area (Å²) in [6, 6.07) is 1.21. The van der Waals surface area contributed by atoms with E-state index in [4.69, 9.17) is 5.11 Å². The van der Waals surface area contributed by atoms with Crippen LogP contribution in [0.15, 0.2) is 11.4 Å². The summed E-state index contributed by atoms with van der Waals surface area (Å²) in [5, 5.41) is 13.5. The molecule has 0 aliphatic carbocycles. The lowest BCUT2D eigenvalue weighted by molar-refractivity contribution is 0.0698. The molecule has 1 aromatic rings. The molecule has 0 aromatic carbocycles. The van der Waals surface area contributed by atoms with Crippen LogP contribution in [-0.2, 0) is 0 Å². The minimum absolute atomic E-state index is 0.130. The minimum atomic E-state index is -1.03. The van der Waals surface area contributed by atoms with E-state index in [0.717, 1.165) is 0 Å². The van der Waals surface area contributed by atoms with Crippen molar-refractivity contribution in [1.82, 2.24) is 4.90 Å². The Labute approximate surface area is 97.7 Å². The summed E-state index contributed by atoms with van der Waals surface area (Å²) in [6.07, 6.45) is 0. The first kappa shape index (κ1) is 12.5. The number of carbonyl (C=O) groups excluding carboxylic acids is 1. The van der Waals surface area contributed by atoms with E-state index in [1.54, 1.807) is 10.3 Å². The van der Waals surface area contributed by atoms with Gasteiger partial charge in [0.2, 0.25) is 0 Å². The van der Waals surface area contributed by atoms with Crippen LogP contribution in [0.3, 0.4) is 0 Å². The van der Waals surface area contributed by atoms with Gasteiger partial charge in [0.1, 0.15) is 5.00 Å². The van der Waals surface area contributed by atoms with Crippen LogP contribution in [-0.4, -0.2) is 35.1 Å². The fourth-order valence-corrected chi connectivity index (χ4v) is 2.03. The molecule has 5 nitrogen and oxygen atoms in total. The zero-order chi connectivity index (χ0) is 12.1. The van der Waals surface area contributed by atoms with Crippen LogP contribution in [0.25, 0.3) is 0 Å². The summed E-state index contributed by atoms with van der Waals surface area (Å²) in [5.41, 5.74) is 0.130. The summed E-state index contributed by atoms with van der Waals surface area (Å²) in [6.45, 7) is 4.93. The lowest BCUT2D eigenvalue weighted by atomic mass is 10.3. The zero-order valence-electron chi connectivity index (χ0n) is 9.19. The van der Waals surface area contributed by atoms with E-state index in [2.05, 4.69) is 5.32 Å². The number of hydrogen-bond acceptors (Lipinski definition) is 3. The van der Waals surface area contributed by atoms with Crippen molar-refractivity contribution < 1.29 is 14.7 Å². The largest absolute Gasteiger partial charge is 0.478 e. The SMILES string of the molecule is CCN(CC)C(=O)Nc1sccc1C(=O)O. The van der Waals surface area contributed by atoms with Crippen molar-refractivity contribution in [1.29, 1.82) is 0 Å². The Morgan fingerprint density at radius 3 is 2.56 bits per heavy atom. The number of urea groups is 1.